The Kier molecular flexibility index (Phi) is 5.29. The van der Waals surface area contributed by atoms with Gasteiger partial charge >= 0.3 is 0 Å². The maximum Gasteiger partial charge on any atom is 0.267 e. The Labute approximate surface area is 166 Å². The second-order valence-corrected chi connectivity index (χ2v) is 7.74. The second-order valence-electron chi connectivity index (χ2n) is 7.74. The SMILES string of the molecule is Cc1ccc(C)c(Cn2nc(-c3ccc(N4CCCCC4)cc3)ccc2=O)c1. The average Bonchev–Trinajstić information content (AvgIpc) is 2.73. The van der Waals surface area contributed by atoms with Crippen molar-refractivity contribution in [2.75, 3.05) is 18.0 Å². The van der Waals surface area contributed by atoms with Crippen molar-refractivity contribution in [3.63, 3.8) is 0 Å². The van der Waals surface area contributed by atoms with Crippen molar-refractivity contribution in [2.45, 2.75) is 39.7 Å². The molecule has 1 aliphatic rings. The topological polar surface area (TPSA) is 38.1 Å². The second kappa shape index (κ2) is 8.01. The smallest absolute Gasteiger partial charge is 0.267 e. The van der Waals surface area contributed by atoms with Crippen molar-refractivity contribution >= 4 is 5.69 Å². The summed E-state index contributed by atoms with van der Waals surface area (Å²) in [6, 6.07) is 18.3. The lowest BCUT2D eigenvalue weighted by molar-refractivity contribution is 0.578. The molecule has 0 spiro atoms. The third kappa shape index (κ3) is 4.01. The number of benzene rings is 2. The number of hydrogen-bond acceptors (Lipinski definition) is 3. The summed E-state index contributed by atoms with van der Waals surface area (Å²) in [6.07, 6.45) is 3.87. The molecule has 2 heterocycles. The molecule has 1 aliphatic heterocycles. The number of aryl methyl sites for hydroxylation is 2. The summed E-state index contributed by atoms with van der Waals surface area (Å²) in [6.45, 7) is 6.91. The van der Waals surface area contributed by atoms with E-state index in [2.05, 4.69) is 66.3 Å². The van der Waals surface area contributed by atoms with Crippen molar-refractivity contribution in [1.29, 1.82) is 0 Å². The first-order valence-corrected chi connectivity index (χ1v) is 10.1. The summed E-state index contributed by atoms with van der Waals surface area (Å²) in [4.78, 5) is 14.8. The fourth-order valence-corrected chi connectivity index (χ4v) is 3.84. The summed E-state index contributed by atoms with van der Waals surface area (Å²) in [5, 5.41) is 4.64. The molecule has 0 radical (unpaired) electrons. The zero-order chi connectivity index (χ0) is 19.5. The highest BCUT2D eigenvalue weighted by Crippen LogP contribution is 2.24. The Morgan fingerprint density at radius 3 is 2.39 bits per heavy atom. The van der Waals surface area contributed by atoms with Crippen LogP contribution >= 0.6 is 0 Å². The molecule has 0 bridgehead atoms. The van der Waals surface area contributed by atoms with Crippen LogP contribution in [0.4, 0.5) is 5.69 Å². The minimum Gasteiger partial charge on any atom is -0.372 e. The van der Waals surface area contributed by atoms with Gasteiger partial charge in [-0.1, -0.05) is 35.9 Å². The number of piperidine rings is 1. The van der Waals surface area contributed by atoms with E-state index in [4.69, 9.17) is 0 Å². The van der Waals surface area contributed by atoms with Gasteiger partial charge in [-0.15, -0.1) is 0 Å². The van der Waals surface area contributed by atoms with Gasteiger partial charge in [0.15, 0.2) is 0 Å². The van der Waals surface area contributed by atoms with Gasteiger partial charge in [-0.3, -0.25) is 4.79 Å². The van der Waals surface area contributed by atoms with Gasteiger partial charge < -0.3 is 4.90 Å². The van der Waals surface area contributed by atoms with Gasteiger partial charge in [-0.2, -0.15) is 5.10 Å². The molecule has 3 aromatic rings. The Morgan fingerprint density at radius 1 is 0.893 bits per heavy atom. The standard InChI is InChI=1S/C24H27N3O/c1-18-6-7-19(2)21(16-18)17-27-24(28)13-12-23(25-27)20-8-10-22(11-9-20)26-14-4-3-5-15-26/h6-13,16H,3-5,14-15,17H2,1-2H3. The normalized spacial score (nSPS) is 14.3. The summed E-state index contributed by atoms with van der Waals surface area (Å²) in [7, 11) is 0. The van der Waals surface area contributed by atoms with E-state index in [1.54, 1.807) is 10.7 Å². The van der Waals surface area contributed by atoms with Crippen LogP contribution in [0, 0.1) is 13.8 Å². The van der Waals surface area contributed by atoms with Crippen LogP contribution in [0.5, 0.6) is 0 Å². The van der Waals surface area contributed by atoms with Crippen molar-refractivity contribution in [2.24, 2.45) is 0 Å². The predicted octanol–water partition coefficient (Wildman–Crippen LogP) is 4.57. The zero-order valence-electron chi connectivity index (χ0n) is 16.7. The number of rotatable bonds is 4. The number of hydrogen-bond donors (Lipinski definition) is 0. The average molecular weight is 374 g/mol. The van der Waals surface area contributed by atoms with Gasteiger partial charge in [0.2, 0.25) is 0 Å². The van der Waals surface area contributed by atoms with E-state index in [-0.39, 0.29) is 5.56 Å². The first-order valence-electron chi connectivity index (χ1n) is 10.1. The first-order chi connectivity index (χ1) is 13.6. The van der Waals surface area contributed by atoms with E-state index >= 15 is 0 Å². The quantitative estimate of drug-likeness (QED) is 0.673. The molecule has 0 aliphatic carbocycles. The number of aromatic nitrogens is 2. The van der Waals surface area contributed by atoms with E-state index in [0.717, 1.165) is 29.9 Å². The minimum absolute atomic E-state index is 0.0745. The van der Waals surface area contributed by atoms with Gasteiger partial charge in [-0.25, -0.2) is 4.68 Å². The summed E-state index contributed by atoms with van der Waals surface area (Å²) in [5.74, 6) is 0. The molecule has 2 aromatic carbocycles. The fourth-order valence-electron chi connectivity index (χ4n) is 3.84. The third-order valence-corrected chi connectivity index (χ3v) is 5.58. The van der Waals surface area contributed by atoms with Crippen molar-refractivity contribution in [3.05, 3.63) is 81.6 Å². The fraction of sp³-hybridized carbons (Fsp3) is 0.333. The lowest BCUT2D eigenvalue weighted by Crippen LogP contribution is -2.29. The third-order valence-electron chi connectivity index (χ3n) is 5.58. The highest BCUT2D eigenvalue weighted by atomic mass is 16.1. The Morgan fingerprint density at radius 2 is 1.64 bits per heavy atom. The lowest BCUT2D eigenvalue weighted by atomic mass is 10.1. The van der Waals surface area contributed by atoms with Crippen molar-refractivity contribution in [3.8, 4) is 11.3 Å². The van der Waals surface area contributed by atoms with Crippen molar-refractivity contribution in [1.82, 2.24) is 9.78 Å². The Balaban J connectivity index is 1.59. The molecule has 1 saturated heterocycles. The van der Waals surface area contributed by atoms with Crippen LogP contribution in [-0.2, 0) is 6.54 Å². The Hall–Kier alpha value is -2.88. The molecule has 28 heavy (non-hydrogen) atoms. The molecule has 0 amide bonds. The van der Waals surface area contributed by atoms with Crippen LogP contribution < -0.4 is 10.5 Å². The molecule has 0 N–H and O–H groups in total. The van der Waals surface area contributed by atoms with Crippen LogP contribution in [0.15, 0.2) is 59.4 Å². The van der Waals surface area contributed by atoms with Crippen LogP contribution in [0.2, 0.25) is 0 Å². The Bertz CT molecular complexity index is 1010. The molecular weight excluding hydrogens is 346 g/mol. The molecule has 0 unspecified atom stereocenters. The molecule has 1 aromatic heterocycles. The molecule has 4 rings (SSSR count). The molecule has 144 valence electrons. The minimum atomic E-state index is -0.0745. The summed E-state index contributed by atoms with van der Waals surface area (Å²) >= 11 is 0. The molecule has 0 saturated carbocycles. The van der Waals surface area contributed by atoms with Crippen molar-refractivity contribution < 1.29 is 0 Å². The van der Waals surface area contributed by atoms with E-state index in [9.17, 15) is 4.79 Å². The summed E-state index contributed by atoms with van der Waals surface area (Å²) in [5.41, 5.74) is 6.56. The zero-order valence-corrected chi connectivity index (χ0v) is 16.7. The van der Waals surface area contributed by atoms with Crippen LogP contribution in [-0.4, -0.2) is 22.9 Å². The molecule has 4 heteroatoms. The molecule has 4 nitrogen and oxygen atoms in total. The van der Waals surface area contributed by atoms with E-state index in [0.29, 0.717) is 6.54 Å². The van der Waals surface area contributed by atoms with Gasteiger partial charge in [0.05, 0.1) is 12.2 Å². The summed E-state index contributed by atoms with van der Waals surface area (Å²) < 4.78 is 1.57. The monoisotopic (exact) mass is 373 g/mol. The largest absolute Gasteiger partial charge is 0.372 e. The van der Waals surface area contributed by atoms with E-state index in [1.165, 1.54) is 36.1 Å². The first kappa shape index (κ1) is 18.5. The maximum atomic E-state index is 12.4. The van der Waals surface area contributed by atoms with E-state index < -0.39 is 0 Å². The van der Waals surface area contributed by atoms with Crippen LogP contribution in [0.3, 0.4) is 0 Å². The van der Waals surface area contributed by atoms with Gasteiger partial charge in [0.1, 0.15) is 0 Å². The van der Waals surface area contributed by atoms with Crippen LogP contribution in [0.25, 0.3) is 11.3 Å². The number of anilines is 1. The maximum absolute atomic E-state index is 12.4. The van der Waals surface area contributed by atoms with Gasteiger partial charge in [0, 0.05) is 30.4 Å². The molecule has 0 atom stereocenters. The molecular formula is C24H27N3O. The predicted molar refractivity (Wildman–Crippen MR) is 115 cm³/mol. The highest BCUT2D eigenvalue weighted by molar-refractivity contribution is 5.62. The van der Waals surface area contributed by atoms with Gasteiger partial charge in [-0.05, 0) is 62.4 Å². The van der Waals surface area contributed by atoms with Gasteiger partial charge in [0.25, 0.3) is 5.56 Å². The van der Waals surface area contributed by atoms with Crippen LogP contribution in [0.1, 0.15) is 36.0 Å². The highest BCUT2D eigenvalue weighted by Gasteiger charge is 2.11. The molecule has 1 fully saturated rings. The van der Waals surface area contributed by atoms with E-state index in [1.807, 2.05) is 6.07 Å². The lowest BCUT2D eigenvalue weighted by Gasteiger charge is -2.28. The number of nitrogens with zero attached hydrogens (tertiary/aromatic N) is 3.